The number of hydrogen-bond donors (Lipinski definition) is 2. The fraction of sp³-hybridized carbons (Fsp3) is 0.588. The minimum atomic E-state index is 0.113. The van der Waals surface area contributed by atoms with Crippen LogP contribution in [0.1, 0.15) is 37.7 Å². The van der Waals surface area contributed by atoms with E-state index >= 15 is 0 Å². The van der Waals surface area contributed by atoms with Crippen LogP contribution in [0.3, 0.4) is 0 Å². The second-order valence-corrected chi connectivity index (χ2v) is 6.23. The second-order valence-electron chi connectivity index (χ2n) is 6.23. The van der Waals surface area contributed by atoms with Gasteiger partial charge in [0, 0.05) is 24.7 Å². The van der Waals surface area contributed by atoms with Gasteiger partial charge in [-0.1, -0.05) is 12.1 Å². The standard InChI is InChI=1S/C17H25N3O/c21-17(12-16-4-3-9-18-16)19-15-7-5-14(6-8-15)13-20-10-1-2-11-20/h5-8,16,18H,1-4,9-13H2,(H,19,21). The number of nitrogens with zero attached hydrogens (tertiary/aromatic N) is 1. The molecule has 0 aliphatic carbocycles. The summed E-state index contributed by atoms with van der Waals surface area (Å²) >= 11 is 0. The molecule has 1 atom stereocenters. The monoisotopic (exact) mass is 287 g/mol. The van der Waals surface area contributed by atoms with E-state index in [1.54, 1.807) is 0 Å². The summed E-state index contributed by atoms with van der Waals surface area (Å²) in [6.45, 7) is 4.50. The minimum absolute atomic E-state index is 0.113. The van der Waals surface area contributed by atoms with E-state index in [4.69, 9.17) is 0 Å². The van der Waals surface area contributed by atoms with E-state index in [0.29, 0.717) is 12.5 Å². The van der Waals surface area contributed by atoms with Crippen molar-refractivity contribution in [3.8, 4) is 0 Å². The maximum Gasteiger partial charge on any atom is 0.225 e. The molecule has 2 saturated heterocycles. The molecule has 21 heavy (non-hydrogen) atoms. The van der Waals surface area contributed by atoms with Crippen LogP contribution in [0.2, 0.25) is 0 Å². The van der Waals surface area contributed by atoms with Gasteiger partial charge in [0.15, 0.2) is 0 Å². The smallest absolute Gasteiger partial charge is 0.225 e. The lowest BCUT2D eigenvalue weighted by Gasteiger charge is -2.15. The molecule has 0 spiro atoms. The molecule has 0 aromatic heterocycles. The Morgan fingerprint density at radius 2 is 1.95 bits per heavy atom. The van der Waals surface area contributed by atoms with Gasteiger partial charge in [-0.2, -0.15) is 0 Å². The number of anilines is 1. The molecule has 2 fully saturated rings. The van der Waals surface area contributed by atoms with Crippen molar-refractivity contribution in [1.29, 1.82) is 0 Å². The first kappa shape index (κ1) is 14.5. The number of hydrogen-bond acceptors (Lipinski definition) is 3. The van der Waals surface area contributed by atoms with Gasteiger partial charge in [-0.05, 0) is 63.0 Å². The van der Waals surface area contributed by atoms with Crippen LogP contribution in [0, 0.1) is 0 Å². The zero-order valence-corrected chi connectivity index (χ0v) is 12.6. The minimum Gasteiger partial charge on any atom is -0.326 e. The lowest BCUT2D eigenvalue weighted by atomic mass is 10.1. The Kier molecular flexibility index (Phi) is 4.88. The van der Waals surface area contributed by atoms with Gasteiger partial charge in [-0.3, -0.25) is 9.69 Å². The molecular formula is C17H25N3O. The molecule has 2 aliphatic heterocycles. The van der Waals surface area contributed by atoms with Crippen LogP contribution < -0.4 is 10.6 Å². The van der Waals surface area contributed by atoms with Crippen LogP contribution in [-0.2, 0) is 11.3 Å². The van der Waals surface area contributed by atoms with Crippen LogP contribution in [0.25, 0.3) is 0 Å². The zero-order valence-electron chi connectivity index (χ0n) is 12.6. The maximum absolute atomic E-state index is 12.0. The highest BCUT2D eigenvalue weighted by Gasteiger charge is 2.17. The van der Waals surface area contributed by atoms with E-state index in [1.807, 2.05) is 12.1 Å². The molecule has 2 heterocycles. The number of likely N-dealkylation sites (tertiary alicyclic amines) is 1. The van der Waals surface area contributed by atoms with Gasteiger partial charge in [0.05, 0.1) is 0 Å². The van der Waals surface area contributed by atoms with Crippen molar-refractivity contribution in [2.45, 2.75) is 44.7 Å². The Bertz CT molecular complexity index is 459. The largest absolute Gasteiger partial charge is 0.326 e. The Labute approximate surface area is 126 Å². The molecule has 1 unspecified atom stereocenters. The van der Waals surface area contributed by atoms with Gasteiger partial charge in [0.2, 0.25) is 5.91 Å². The first-order chi connectivity index (χ1) is 10.3. The number of carbonyl (C=O) groups is 1. The van der Waals surface area contributed by atoms with Gasteiger partial charge >= 0.3 is 0 Å². The summed E-state index contributed by atoms with van der Waals surface area (Å²) < 4.78 is 0. The number of benzene rings is 1. The number of amides is 1. The molecule has 1 amide bonds. The van der Waals surface area contributed by atoms with E-state index in [2.05, 4.69) is 27.7 Å². The molecule has 1 aromatic carbocycles. The molecule has 114 valence electrons. The van der Waals surface area contributed by atoms with Crippen molar-refractivity contribution in [2.75, 3.05) is 25.0 Å². The summed E-state index contributed by atoms with van der Waals surface area (Å²) in [4.78, 5) is 14.5. The highest BCUT2D eigenvalue weighted by atomic mass is 16.1. The first-order valence-corrected chi connectivity index (χ1v) is 8.14. The van der Waals surface area contributed by atoms with E-state index in [1.165, 1.54) is 37.9 Å². The summed E-state index contributed by atoms with van der Waals surface area (Å²) in [5.41, 5.74) is 2.23. The van der Waals surface area contributed by atoms with Crippen LogP contribution in [0.15, 0.2) is 24.3 Å². The molecular weight excluding hydrogens is 262 g/mol. The molecule has 4 heteroatoms. The maximum atomic E-state index is 12.0. The lowest BCUT2D eigenvalue weighted by molar-refractivity contribution is -0.116. The summed E-state index contributed by atoms with van der Waals surface area (Å²) in [6, 6.07) is 8.65. The van der Waals surface area contributed by atoms with Crippen LogP contribution in [0.5, 0.6) is 0 Å². The van der Waals surface area contributed by atoms with Crippen molar-refractivity contribution in [3.63, 3.8) is 0 Å². The van der Waals surface area contributed by atoms with Crippen molar-refractivity contribution >= 4 is 11.6 Å². The average molecular weight is 287 g/mol. The number of carbonyl (C=O) groups excluding carboxylic acids is 1. The quantitative estimate of drug-likeness (QED) is 0.874. The van der Waals surface area contributed by atoms with Gasteiger partial charge in [0.1, 0.15) is 0 Å². The molecule has 2 N–H and O–H groups in total. The SMILES string of the molecule is O=C(CC1CCCN1)Nc1ccc(CN2CCCC2)cc1. The third kappa shape index (κ3) is 4.29. The first-order valence-electron chi connectivity index (χ1n) is 8.14. The fourth-order valence-electron chi connectivity index (χ4n) is 3.26. The van der Waals surface area contributed by atoms with Crippen molar-refractivity contribution in [1.82, 2.24) is 10.2 Å². The van der Waals surface area contributed by atoms with E-state index in [9.17, 15) is 4.79 Å². The van der Waals surface area contributed by atoms with Gasteiger partial charge in [-0.15, -0.1) is 0 Å². The van der Waals surface area contributed by atoms with Crippen LogP contribution in [0.4, 0.5) is 5.69 Å². The van der Waals surface area contributed by atoms with Crippen LogP contribution in [-0.4, -0.2) is 36.5 Å². The number of nitrogens with one attached hydrogen (secondary N) is 2. The normalized spacial score (nSPS) is 22.6. The predicted octanol–water partition coefficient (Wildman–Crippen LogP) is 2.36. The lowest BCUT2D eigenvalue weighted by Crippen LogP contribution is -2.27. The summed E-state index contributed by atoms with van der Waals surface area (Å²) in [6.07, 6.45) is 5.52. The molecule has 0 radical (unpaired) electrons. The highest BCUT2D eigenvalue weighted by Crippen LogP contribution is 2.16. The van der Waals surface area contributed by atoms with Crippen molar-refractivity contribution in [3.05, 3.63) is 29.8 Å². The average Bonchev–Trinajstić information content (AvgIpc) is 3.14. The van der Waals surface area contributed by atoms with E-state index in [0.717, 1.165) is 25.2 Å². The van der Waals surface area contributed by atoms with Gasteiger partial charge < -0.3 is 10.6 Å². The fourth-order valence-corrected chi connectivity index (χ4v) is 3.26. The second kappa shape index (κ2) is 7.05. The van der Waals surface area contributed by atoms with Crippen molar-refractivity contribution < 1.29 is 4.79 Å². The molecule has 4 nitrogen and oxygen atoms in total. The van der Waals surface area contributed by atoms with Gasteiger partial charge in [0.25, 0.3) is 0 Å². The Balaban J connectivity index is 1.47. The molecule has 0 saturated carbocycles. The third-order valence-electron chi connectivity index (χ3n) is 4.44. The molecule has 1 aromatic rings. The topological polar surface area (TPSA) is 44.4 Å². The zero-order chi connectivity index (χ0) is 14.5. The molecule has 2 aliphatic rings. The van der Waals surface area contributed by atoms with E-state index in [-0.39, 0.29) is 5.91 Å². The van der Waals surface area contributed by atoms with Crippen LogP contribution >= 0.6 is 0 Å². The summed E-state index contributed by atoms with van der Waals surface area (Å²) in [5.74, 6) is 0.113. The van der Waals surface area contributed by atoms with E-state index < -0.39 is 0 Å². The van der Waals surface area contributed by atoms with Crippen molar-refractivity contribution in [2.24, 2.45) is 0 Å². The predicted molar refractivity (Wildman–Crippen MR) is 85.2 cm³/mol. The molecule has 3 rings (SSSR count). The summed E-state index contributed by atoms with van der Waals surface area (Å²) in [5, 5.41) is 6.35. The Hall–Kier alpha value is -1.39. The van der Waals surface area contributed by atoms with Gasteiger partial charge in [-0.25, -0.2) is 0 Å². The number of rotatable bonds is 5. The molecule has 0 bridgehead atoms. The Morgan fingerprint density at radius 3 is 2.62 bits per heavy atom. The Morgan fingerprint density at radius 1 is 1.19 bits per heavy atom. The highest BCUT2D eigenvalue weighted by molar-refractivity contribution is 5.91. The third-order valence-corrected chi connectivity index (χ3v) is 4.44. The summed E-state index contributed by atoms with van der Waals surface area (Å²) in [7, 11) is 0.